The number of hydrogen-bond donors (Lipinski definition) is 1. The summed E-state index contributed by atoms with van der Waals surface area (Å²) in [6.07, 6.45) is -6.04. The van der Waals surface area contributed by atoms with Crippen LogP contribution in [-0.2, 0) is 16.0 Å². The molecule has 0 saturated carbocycles. The third kappa shape index (κ3) is 3.67. The number of carbonyl (C=O) groups excluding carboxylic acids is 2. The topological polar surface area (TPSA) is 60.9 Å². The second-order valence-electron chi connectivity index (χ2n) is 7.66. The van der Waals surface area contributed by atoms with Gasteiger partial charge in [0.15, 0.2) is 0 Å². The Bertz CT molecular complexity index is 948. The minimum atomic E-state index is -4.61. The highest BCUT2D eigenvalue weighted by Crippen LogP contribution is 2.48. The van der Waals surface area contributed by atoms with Gasteiger partial charge in [0.2, 0.25) is 11.8 Å². The predicted molar refractivity (Wildman–Crippen MR) is 104 cm³/mol. The van der Waals surface area contributed by atoms with Crippen LogP contribution in [0, 0.1) is 0 Å². The van der Waals surface area contributed by atoms with Gasteiger partial charge >= 0.3 is 6.18 Å². The largest absolute Gasteiger partial charge is 0.397 e. The zero-order valence-corrected chi connectivity index (χ0v) is 16.0. The van der Waals surface area contributed by atoms with Crippen LogP contribution in [0.5, 0.6) is 0 Å². The van der Waals surface area contributed by atoms with Crippen molar-refractivity contribution < 1.29 is 27.9 Å². The van der Waals surface area contributed by atoms with E-state index in [1.54, 1.807) is 24.3 Å². The number of hydrogen-bond acceptors (Lipinski definition) is 3. The maximum atomic E-state index is 13.0. The Morgan fingerprint density at radius 1 is 1.00 bits per heavy atom. The molecule has 2 aromatic carbocycles. The maximum absolute atomic E-state index is 13.0. The summed E-state index contributed by atoms with van der Waals surface area (Å²) < 4.78 is 38.5. The van der Waals surface area contributed by atoms with Crippen molar-refractivity contribution in [3.05, 3.63) is 65.7 Å². The molecule has 2 amide bonds. The zero-order chi connectivity index (χ0) is 21.5. The molecule has 5 nitrogen and oxygen atoms in total. The molecule has 158 valence electrons. The molecule has 0 aliphatic carbocycles. The van der Waals surface area contributed by atoms with Gasteiger partial charge in [-0.1, -0.05) is 48.5 Å². The Kier molecular flexibility index (Phi) is 5.27. The van der Waals surface area contributed by atoms with Crippen LogP contribution in [-0.4, -0.2) is 53.2 Å². The van der Waals surface area contributed by atoms with Crippen molar-refractivity contribution in [2.24, 2.45) is 0 Å². The second kappa shape index (κ2) is 7.75. The monoisotopic (exact) mass is 418 g/mol. The lowest BCUT2D eigenvalue weighted by atomic mass is 9.71. The first kappa shape index (κ1) is 20.4. The van der Waals surface area contributed by atoms with Crippen molar-refractivity contribution in [1.82, 2.24) is 4.90 Å². The summed E-state index contributed by atoms with van der Waals surface area (Å²) in [4.78, 5) is 28.0. The second-order valence-corrected chi connectivity index (χ2v) is 7.66. The first-order valence-electron chi connectivity index (χ1n) is 9.72. The molecule has 30 heavy (non-hydrogen) atoms. The lowest BCUT2D eigenvalue weighted by Crippen LogP contribution is -2.71. The molecule has 0 bridgehead atoms. The summed E-state index contributed by atoms with van der Waals surface area (Å²) in [5, 5.41) is 9.94. The summed E-state index contributed by atoms with van der Waals surface area (Å²) >= 11 is 0. The van der Waals surface area contributed by atoms with Crippen LogP contribution in [0.4, 0.5) is 18.9 Å². The van der Waals surface area contributed by atoms with E-state index in [0.29, 0.717) is 11.3 Å². The molecule has 2 heterocycles. The lowest BCUT2D eigenvalue weighted by Gasteiger charge is -2.59. The van der Waals surface area contributed by atoms with Gasteiger partial charge in [0.05, 0.1) is 25.1 Å². The van der Waals surface area contributed by atoms with Gasteiger partial charge in [-0.15, -0.1) is 0 Å². The zero-order valence-electron chi connectivity index (χ0n) is 16.0. The number of fused-ring (bicyclic) bond motifs is 3. The SMILES string of the molecule is O=C(CC(F)(F)F)N1C[C@H]2[C@@H](c3ccccc31)[C@H](CO)N2C(=O)Cc1ccccc1. The third-order valence-corrected chi connectivity index (χ3v) is 5.83. The summed E-state index contributed by atoms with van der Waals surface area (Å²) in [6, 6.07) is 15.0. The van der Waals surface area contributed by atoms with Gasteiger partial charge in [0.25, 0.3) is 0 Å². The number of alkyl halides is 3. The molecular weight excluding hydrogens is 397 g/mol. The number of carbonyl (C=O) groups is 2. The van der Waals surface area contributed by atoms with Crippen molar-refractivity contribution in [1.29, 1.82) is 0 Å². The third-order valence-electron chi connectivity index (χ3n) is 5.83. The Morgan fingerprint density at radius 2 is 1.67 bits per heavy atom. The molecule has 0 unspecified atom stereocenters. The Balaban J connectivity index is 1.63. The fourth-order valence-electron chi connectivity index (χ4n) is 4.60. The first-order valence-corrected chi connectivity index (χ1v) is 9.72. The van der Waals surface area contributed by atoms with Crippen LogP contribution in [0.1, 0.15) is 23.5 Å². The van der Waals surface area contributed by atoms with Gasteiger partial charge in [-0.05, 0) is 17.2 Å². The van der Waals surface area contributed by atoms with E-state index in [1.165, 1.54) is 4.90 Å². The summed E-state index contributed by atoms with van der Waals surface area (Å²) in [5.74, 6) is -1.48. The van der Waals surface area contributed by atoms with Gasteiger partial charge in [-0.3, -0.25) is 9.59 Å². The standard InChI is InChI=1S/C22H21F3N2O3/c23-22(24,25)11-20(30)26-12-17-21(15-8-4-5-9-16(15)26)18(13-28)27(17)19(29)10-14-6-2-1-3-7-14/h1-9,17-18,21,28H,10-13H2/t17-,18-,21+/m0/s1. The van der Waals surface area contributed by atoms with Crippen molar-refractivity contribution >= 4 is 17.5 Å². The number of aliphatic hydroxyl groups is 1. The van der Waals surface area contributed by atoms with Crippen molar-refractivity contribution in [3.63, 3.8) is 0 Å². The molecule has 2 aromatic rings. The van der Waals surface area contributed by atoms with Crippen molar-refractivity contribution in [2.45, 2.75) is 37.0 Å². The Labute approximate surface area is 171 Å². The molecule has 0 radical (unpaired) electrons. The lowest BCUT2D eigenvalue weighted by molar-refractivity contribution is -0.155. The van der Waals surface area contributed by atoms with Gasteiger partial charge in [-0.2, -0.15) is 13.2 Å². The van der Waals surface area contributed by atoms with E-state index < -0.39 is 30.6 Å². The van der Waals surface area contributed by atoms with Crippen LogP contribution in [0.2, 0.25) is 0 Å². The van der Waals surface area contributed by atoms with Gasteiger partial charge in [0.1, 0.15) is 6.42 Å². The van der Waals surface area contributed by atoms with E-state index in [9.17, 15) is 27.9 Å². The molecular formula is C22H21F3N2O3. The van der Waals surface area contributed by atoms with Crippen LogP contribution >= 0.6 is 0 Å². The fraction of sp³-hybridized carbons (Fsp3) is 0.364. The normalized spacial score (nSPS) is 22.7. The summed E-state index contributed by atoms with van der Waals surface area (Å²) in [6.45, 7) is -0.278. The van der Waals surface area contributed by atoms with E-state index in [-0.39, 0.29) is 31.4 Å². The average Bonchev–Trinajstić information content (AvgIpc) is 2.67. The number of aliphatic hydroxyl groups excluding tert-OH is 1. The average molecular weight is 418 g/mol. The highest BCUT2D eigenvalue weighted by Gasteiger charge is 2.55. The predicted octanol–water partition coefficient (Wildman–Crippen LogP) is 2.88. The van der Waals surface area contributed by atoms with Crippen LogP contribution in [0.15, 0.2) is 54.6 Å². The molecule has 1 saturated heterocycles. The molecule has 0 aromatic heterocycles. The molecule has 8 heteroatoms. The van der Waals surface area contributed by atoms with E-state index in [4.69, 9.17) is 0 Å². The summed E-state index contributed by atoms with van der Waals surface area (Å²) in [5.41, 5.74) is 1.91. The molecule has 1 N–H and O–H groups in total. The quantitative estimate of drug-likeness (QED) is 0.831. The molecule has 1 fully saturated rings. The fourth-order valence-corrected chi connectivity index (χ4v) is 4.60. The van der Waals surface area contributed by atoms with E-state index in [0.717, 1.165) is 10.5 Å². The van der Waals surface area contributed by atoms with Gasteiger partial charge < -0.3 is 14.9 Å². The molecule has 0 spiro atoms. The van der Waals surface area contributed by atoms with Crippen molar-refractivity contribution in [2.75, 3.05) is 18.1 Å². The number of benzene rings is 2. The van der Waals surface area contributed by atoms with E-state index in [2.05, 4.69) is 0 Å². The smallest absolute Gasteiger partial charge is 0.394 e. The van der Waals surface area contributed by atoms with E-state index in [1.807, 2.05) is 30.3 Å². The van der Waals surface area contributed by atoms with Crippen molar-refractivity contribution in [3.8, 4) is 0 Å². The van der Waals surface area contributed by atoms with Gasteiger partial charge in [-0.25, -0.2) is 0 Å². The number of para-hydroxylation sites is 1. The molecule has 3 atom stereocenters. The van der Waals surface area contributed by atoms with E-state index >= 15 is 0 Å². The van der Waals surface area contributed by atoms with Crippen LogP contribution < -0.4 is 4.90 Å². The van der Waals surface area contributed by atoms with Crippen LogP contribution in [0.3, 0.4) is 0 Å². The number of rotatable bonds is 4. The number of likely N-dealkylation sites (tertiary alicyclic amines) is 1. The number of halogens is 3. The Hall–Kier alpha value is -2.87. The molecule has 2 aliphatic heterocycles. The van der Waals surface area contributed by atoms with Gasteiger partial charge in [0, 0.05) is 18.2 Å². The summed E-state index contributed by atoms with van der Waals surface area (Å²) in [7, 11) is 0. The number of anilines is 1. The maximum Gasteiger partial charge on any atom is 0.397 e. The highest BCUT2D eigenvalue weighted by molar-refractivity contribution is 5.96. The van der Waals surface area contributed by atoms with Crippen LogP contribution in [0.25, 0.3) is 0 Å². The minimum Gasteiger partial charge on any atom is -0.394 e. The molecule has 2 aliphatic rings. The Morgan fingerprint density at radius 3 is 2.33 bits per heavy atom. The number of amides is 2. The number of nitrogens with zero attached hydrogens (tertiary/aromatic N) is 2. The first-order chi connectivity index (χ1) is 14.3. The highest BCUT2D eigenvalue weighted by atomic mass is 19.4. The minimum absolute atomic E-state index is 0.0202. The molecule has 4 rings (SSSR count).